The number of hydrogen-bond donors (Lipinski definition) is 1. The van der Waals surface area contributed by atoms with Gasteiger partial charge in [-0.05, 0) is 36.1 Å². The summed E-state index contributed by atoms with van der Waals surface area (Å²) in [5.41, 5.74) is 2.32. The molecule has 0 radical (unpaired) electrons. The van der Waals surface area contributed by atoms with Crippen LogP contribution in [0.1, 0.15) is 19.3 Å². The molecule has 0 saturated carbocycles. The summed E-state index contributed by atoms with van der Waals surface area (Å²) in [6.07, 6.45) is 5.18. The van der Waals surface area contributed by atoms with Crippen molar-refractivity contribution in [2.75, 3.05) is 0 Å². The third-order valence-electron chi connectivity index (χ3n) is 4.11. The van der Waals surface area contributed by atoms with Gasteiger partial charge in [0.2, 0.25) is 0 Å². The summed E-state index contributed by atoms with van der Waals surface area (Å²) in [4.78, 5) is 27.9. The van der Waals surface area contributed by atoms with Crippen molar-refractivity contribution in [3.8, 4) is 0 Å². The van der Waals surface area contributed by atoms with Gasteiger partial charge in [-0.15, -0.1) is 0 Å². The number of rotatable bonds is 1. The fourth-order valence-electron chi connectivity index (χ4n) is 3.20. The average Bonchev–Trinajstić information content (AvgIpc) is 2.85. The van der Waals surface area contributed by atoms with Crippen molar-refractivity contribution in [1.82, 2.24) is 9.38 Å². The lowest BCUT2D eigenvalue weighted by atomic mass is 9.83. The van der Waals surface area contributed by atoms with Gasteiger partial charge >= 0.3 is 5.97 Å². The zero-order valence-electron chi connectivity index (χ0n) is 11.2. The van der Waals surface area contributed by atoms with Crippen molar-refractivity contribution in [1.29, 1.82) is 0 Å². The lowest BCUT2D eigenvalue weighted by Gasteiger charge is -2.20. The Hall–Kier alpha value is -2.69. The van der Waals surface area contributed by atoms with Crippen LogP contribution >= 0.6 is 0 Å². The van der Waals surface area contributed by atoms with Gasteiger partial charge in [-0.25, -0.2) is 9.78 Å². The highest BCUT2D eigenvalue weighted by molar-refractivity contribution is 6.20. The number of aromatic nitrogens is 2. The van der Waals surface area contributed by atoms with E-state index in [-0.39, 0.29) is 17.8 Å². The maximum absolute atomic E-state index is 11.9. The summed E-state index contributed by atoms with van der Waals surface area (Å²) in [5.74, 6) is -1.41. The number of fused-ring (bicyclic) bond motifs is 4. The average molecular weight is 280 g/mol. The van der Waals surface area contributed by atoms with Crippen LogP contribution in [-0.4, -0.2) is 26.2 Å². The van der Waals surface area contributed by atoms with Crippen molar-refractivity contribution in [3.05, 3.63) is 46.2 Å². The molecule has 2 aliphatic rings. The largest absolute Gasteiger partial charge is 0.478 e. The Morgan fingerprint density at radius 2 is 2.10 bits per heavy atom. The van der Waals surface area contributed by atoms with Gasteiger partial charge in [0.1, 0.15) is 11.2 Å². The molecule has 1 N–H and O–H groups in total. The van der Waals surface area contributed by atoms with Crippen LogP contribution in [0, 0.1) is 0 Å². The van der Waals surface area contributed by atoms with E-state index in [0.29, 0.717) is 18.4 Å². The molecule has 5 nitrogen and oxygen atoms in total. The summed E-state index contributed by atoms with van der Waals surface area (Å²) >= 11 is 0. The van der Waals surface area contributed by atoms with E-state index in [1.165, 1.54) is 0 Å². The number of carboxylic acid groups (broad SMARTS) is 1. The molecule has 0 fully saturated rings. The summed E-state index contributed by atoms with van der Waals surface area (Å²) in [7, 11) is 0. The third kappa shape index (κ3) is 1.60. The first-order chi connectivity index (χ1) is 10.2. The molecule has 2 aromatic heterocycles. The minimum atomic E-state index is -1.13. The van der Waals surface area contributed by atoms with E-state index in [2.05, 4.69) is 4.98 Å². The van der Waals surface area contributed by atoms with E-state index in [1.54, 1.807) is 0 Å². The number of ketones is 1. The monoisotopic (exact) mass is 280 g/mol. The molecular weight excluding hydrogens is 268 g/mol. The second kappa shape index (κ2) is 4.15. The van der Waals surface area contributed by atoms with Gasteiger partial charge in [0.25, 0.3) is 0 Å². The number of pyridine rings is 1. The second-order valence-electron chi connectivity index (χ2n) is 5.24. The van der Waals surface area contributed by atoms with Gasteiger partial charge in [-0.2, -0.15) is 0 Å². The molecule has 0 spiro atoms. The zero-order chi connectivity index (χ0) is 14.6. The lowest BCUT2D eigenvalue weighted by Crippen LogP contribution is -2.35. The normalized spacial score (nSPS) is 17.5. The zero-order valence-corrected chi connectivity index (χ0v) is 11.2. The topological polar surface area (TPSA) is 71.7 Å². The molecule has 0 aliphatic heterocycles. The fourth-order valence-corrected chi connectivity index (χ4v) is 3.20. The molecule has 0 atom stereocenters. The number of nitrogens with zero attached hydrogens (tertiary/aromatic N) is 2. The van der Waals surface area contributed by atoms with Gasteiger partial charge in [-0.3, -0.25) is 9.20 Å². The highest BCUT2D eigenvalue weighted by Crippen LogP contribution is 2.31. The van der Waals surface area contributed by atoms with Crippen LogP contribution in [0.15, 0.2) is 35.5 Å². The Morgan fingerprint density at radius 1 is 1.24 bits per heavy atom. The van der Waals surface area contributed by atoms with Gasteiger partial charge in [0.05, 0.1) is 10.7 Å². The van der Waals surface area contributed by atoms with Gasteiger partial charge < -0.3 is 5.11 Å². The first kappa shape index (κ1) is 12.1. The summed E-state index contributed by atoms with van der Waals surface area (Å²) in [6, 6.07) is 5.77. The minimum absolute atomic E-state index is 0.0600. The quantitative estimate of drug-likeness (QED) is 0.768. The molecule has 0 unspecified atom stereocenters. The number of allylic oxidation sites excluding steroid dienone is 1. The molecule has 21 heavy (non-hydrogen) atoms. The molecule has 0 bridgehead atoms. The van der Waals surface area contributed by atoms with Crippen molar-refractivity contribution in [2.24, 2.45) is 0 Å². The predicted molar refractivity (Wildman–Crippen MR) is 75.8 cm³/mol. The Bertz CT molecular complexity index is 963. The van der Waals surface area contributed by atoms with Crippen LogP contribution in [0.4, 0.5) is 0 Å². The first-order valence-corrected chi connectivity index (χ1v) is 6.83. The molecule has 5 heteroatoms. The van der Waals surface area contributed by atoms with Crippen molar-refractivity contribution >= 4 is 29.0 Å². The second-order valence-corrected chi connectivity index (χ2v) is 5.24. The van der Waals surface area contributed by atoms with E-state index in [0.717, 1.165) is 21.9 Å². The number of carbonyl (C=O) groups excluding carboxylic acids is 1. The lowest BCUT2D eigenvalue weighted by molar-refractivity contribution is -0.134. The number of aliphatic carboxylic acids is 1. The molecule has 2 heterocycles. The number of imidazole rings is 1. The minimum Gasteiger partial charge on any atom is -0.478 e. The molecule has 0 saturated heterocycles. The fraction of sp³-hybridized carbons (Fsp3) is 0.188. The van der Waals surface area contributed by atoms with E-state index in [4.69, 9.17) is 0 Å². The van der Waals surface area contributed by atoms with Crippen LogP contribution in [0.2, 0.25) is 0 Å². The Balaban J connectivity index is 2.15. The highest BCUT2D eigenvalue weighted by Gasteiger charge is 2.30. The summed E-state index contributed by atoms with van der Waals surface area (Å²) in [6.45, 7) is 0. The van der Waals surface area contributed by atoms with Crippen molar-refractivity contribution in [2.45, 2.75) is 19.3 Å². The molecule has 2 aliphatic carbocycles. The maximum Gasteiger partial charge on any atom is 0.339 e. The molecule has 0 amide bonds. The number of carbonyl (C=O) groups is 2. The number of Topliss-reactive ketones (excluding diaryl/α,β-unsaturated/α-hetero) is 1. The van der Waals surface area contributed by atoms with Crippen molar-refractivity contribution < 1.29 is 14.7 Å². The third-order valence-corrected chi connectivity index (χ3v) is 4.11. The molecule has 104 valence electrons. The van der Waals surface area contributed by atoms with Crippen LogP contribution in [0.5, 0.6) is 0 Å². The smallest absolute Gasteiger partial charge is 0.339 e. The molecule has 4 rings (SSSR count). The SMILES string of the molecule is O=C(O)C1=C2CC=c3c(nc4ccccn34)=C2CCC1=O. The van der Waals surface area contributed by atoms with Crippen molar-refractivity contribution in [3.63, 3.8) is 0 Å². The predicted octanol–water partition coefficient (Wildman–Crippen LogP) is 0.413. The molecule has 0 aromatic carbocycles. The number of hydrogen-bond acceptors (Lipinski definition) is 3. The van der Waals surface area contributed by atoms with Crippen LogP contribution < -0.4 is 10.7 Å². The van der Waals surface area contributed by atoms with Crippen LogP contribution in [0.25, 0.3) is 17.3 Å². The molecular formula is C16H12N2O3. The first-order valence-electron chi connectivity index (χ1n) is 6.83. The van der Waals surface area contributed by atoms with E-state index < -0.39 is 5.97 Å². The standard InChI is InChI=1S/C16H12N2O3/c19-12-7-5-10-9(14(12)16(20)21)4-6-11-15(10)17-13-3-1-2-8-18(11)13/h1-3,6,8H,4-5,7H2,(H,20,21). The Morgan fingerprint density at radius 3 is 2.90 bits per heavy atom. The van der Waals surface area contributed by atoms with Crippen LogP contribution in [-0.2, 0) is 9.59 Å². The summed E-state index contributed by atoms with van der Waals surface area (Å²) < 4.78 is 2.00. The maximum atomic E-state index is 11.9. The van der Waals surface area contributed by atoms with Gasteiger partial charge in [0, 0.05) is 12.6 Å². The van der Waals surface area contributed by atoms with Crippen LogP contribution in [0.3, 0.4) is 0 Å². The summed E-state index contributed by atoms with van der Waals surface area (Å²) in [5, 5.41) is 11.1. The Kier molecular flexibility index (Phi) is 2.39. The van der Waals surface area contributed by atoms with Gasteiger partial charge in [0.15, 0.2) is 5.78 Å². The highest BCUT2D eigenvalue weighted by atomic mass is 16.4. The number of carboxylic acids is 1. The van der Waals surface area contributed by atoms with E-state index in [1.807, 2.05) is 34.9 Å². The Labute approximate surface area is 119 Å². The van der Waals surface area contributed by atoms with Gasteiger partial charge in [-0.1, -0.05) is 12.1 Å². The van der Waals surface area contributed by atoms with E-state index >= 15 is 0 Å². The molecule has 2 aromatic rings. The van der Waals surface area contributed by atoms with E-state index in [9.17, 15) is 14.7 Å².